The number of hydrogen-bond acceptors (Lipinski definition) is 3. The van der Waals surface area contributed by atoms with Crippen molar-refractivity contribution in [2.75, 3.05) is 13.2 Å². The highest BCUT2D eigenvalue weighted by Crippen LogP contribution is 2.42. The molecular weight excluding hydrogens is 264 g/mol. The molecule has 3 aliphatic rings. The summed E-state index contributed by atoms with van der Waals surface area (Å²) in [4.78, 5) is 11.5. The van der Waals surface area contributed by atoms with Crippen LogP contribution >= 0.6 is 0 Å². The van der Waals surface area contributed by atoms with Crippen LogP contribution in [0.1, 0.15) is 54.7 Å². The second-order valence-corrected chi connectivity index (χ2v) is 6.63. The fourth-order valence-corrected chi connectivity index (χ4v) is 4.06. The molecule has 0 aromatic heterocycles. The van der Waals surface area contributed by atoms with Crippen LogP contribution < -0.4 is 0 Å². The number of benzene rings is 1. The molecule has 1 aromatic rings. The van der Waals surface area contributed by atoms with Crippen LogP contribution in [0, 0.1) is 0 Å². The van der Waals surface area contributed by atoms with Crippen molar-refractivity contribution in [1.29, 1.82) is 0 Å². The van der Waals surface area contributed by atoms with Gasteiger partial charge < -0.3 is 9.47 Å². The molecule has 0 bridgehead atoms. The van der Waals surface area contributed by atoms with Crippen molar-refractivity contribution in [1.82, 2.24) is 0 Å². The summed E-state index contributed by atoms with van der Waals surface area (Å²) < 4.78 is 11.6. The number of aryl methyl sites for hydroxylation is 1. The molecule has 1 aromatic carbocycles. The quantitative estimate of drug-likeness (QED) is 0.795. The summed E-state index contributed by atoms with van der Waals surface area (Å²) in [6, 6.07) is 6.76. The lowest BCUT2D eigenvalue weighted by molar-refractivity contribution is -0.178. The zero-order chi connectivity index (χ0) is 14.3. The summed E-state index contributed by atoms with van der Waals surface area (Å²) in [7, 11) is 0. The van der Waals surface area contributed by atoms with Crippen LogP contribution in [0.2, 0.25) is 0 Å². The van der Waals surface area contributed by atoms with Gasteiger partial charge >= 0.3 is 0 Å². The van der Waals surface area contributed by atoms with Crippen molar-refractivity contribution < 1.29 is 14.3 Å². The van der Waals surface area contributed by atoms with Gasteiger partial charge in [0.15, 0.2) is 5.79 Å². The monoisotopic (exact) mass is 286 g/mol. The summed E-state index contributed by atoms with van der Waals surface area (Å²) in [6.45, 7) is 1.50. The van der Waals surface area contributed by atoms with Gasteiger partial charge in [-0.05, 0) is 41.9 Å². The van der Waals surface area contributed by atoms with E-state index in [1.54, 1.807) is 0 Å². The Balaban J connectivity index is 1.49. The molecule has 21 heavy (non-hydrogen) atoms. The van der Waals surface area contributed by atoms with E-state index in [0.29, 0.717) is 24.5 Å². The predicted octanol–water partition coefficient (Wildman–Crippen LogP) is 3.15. The Morgan fingerprint density at radius 3 is 2.52 bits per heavy atom. The van der Waals surface area contributed by atoms with Gasteiger partial charge in [0, 0.05) is 25.7 Å². The van der Waals surface area contributed by atoms with E-state index < -0.39 is 0 Å². The van der Waals surface area contributed by atoms with Gasteiger partial charge in [-0.25, -0.2) is 0 Å². The Morgan fingerprint density at radius 1 is 1.00 bits per heavy atom. The Kier molecular flexibility index (Phi) is 3.35. The molecule has 4 rings (SSSR count). The minimum atomic E-state index is -0.267. The Labute approximate surface area is 125 Å². The number of ether oxygens (including phenoxy) is 2. The topological polar surface area (TPSA) is 35.5 Å². The average molecular weight is 286 g/mol. The number of Topliss-reactive ketones (excluding diaryl/α,β-unsaturated/α-hetero) is 1. The summed E-state index contributed by atoms with van der Waals surface area (Å²) in [5.41, 5.74) is 4.07. The van der Waals surface area contributed by atoms with Crippen molar-refractivity contribution in [2.45, 2.75) is 56.7 Å². The van der Waals surface area contributed by atoms with Crippen molar-refractivity contribution in [3.63, 3.8) is 0 Å². The smallest absolute Gasteiger partial charge is 0.168 e. The maximum atomic E-state index is 11.5. The molecule has 112 valence electrons. The van der Waals surface area contributed by atoms with Gasteiger partial charge in [0.2, 0.25) is 0 Å². The van der Waals surface area contributed by atoms with Crippen LogP contribution in [0.4, 0.5) is 0 Å². The average Bonchev–Trinajstić information content (AvgIpc) is 2.96. The normalized spacial score (nSPS) is 25.2. The van der Waals surface area contributed by atoms with Gasteiger partial charge in [0.05, 0.1) is 13.2 Å². The summed E-state index contributed by atoms with van der Waals surface area (Å²) in [5.74, 6) is 0.730. The van der Waals surface area contributed by atoms with E-state index in [1.807, 2.05) is 0 Å². The molecule has 1 saturated heterocycles. The molecule has 1 aliphatic heterocycles. The minimum absolute atomic E-state index is 0.267. The largest absolute Gasteiger partial charge is 0.348 e. The van der Waals surface area contributed by atoms with Gasteiger partial charge in [0.25, 0.3) is 0 Å². The third-order valence-corrected chi connectivity index (χ3v) is 5.32. The maximum absolute atomic E-state index is 11.5. The van der Waals surface area contributed by atoms with Crippen molar-refractivity contribution in [3.05, 3.63) is 34.9 Å². The first kappa shape index (κ1) is 13.5. The molecule has 3 heteroatoms. The minimum Gasteiger partial charge on any atom is -0.348 e. The van der Waals surface area contributed by atoms with E-state index in [2.05, 4.69) is 18.2 Å². The summed E-state index contributed by atoms with van der Waals surface area (Å²) in [6.07, 6.45) is 6.55. The second kappa shape index (κ2) is 5.22. The first-order valence-corrected chi connectivity index (χ1v) is 8.15. The second-order valence-electron chi connectivity index (χ2n) is 6.63. The number of carbonyl (C=O) groups is 1. The standard InChI is InChI=1S/C18H22O3/c19-17-4-3-15-11-14(1-2-16(15)12-17)13-5-7-18(8-6-13)20-9-10-21-18/h1-2,11,13H,3-10,12H2. The predicted molar refractivity (Wildman–Crippen MR) is 79.3 cm³/mol. The molecule has 3 nitrogen and oxygen atoms in total. The molecule has 0 N–H and O–H groups in total. The lowest BCUT2D eigenvalue weighted by atomic mass is 9.79. The van der Waals surface area contributed by atoms with Gasteiger partial charge in [-0.15, -0.1) is 0 Å². The van der Waals surface area contributed by atoms with Gasteiger partial charge in [-0.3, -0.25) is 4.79 Å². The van der Waals surface area contributed by atoms with Gasteiger partial charge in [-0.2, -0.15) is 0 Å². The molecule has 0 radical (unpaired) electrons. The SMILES string of the molecule is O=C1CCc2cc(C3CCC4(CC3)OCCO4)ccc2C1. The molecule has 1 spiro atoms. The van der Waals surface area contributed by atoms with E-state index in [4.69, 9.17) is 9.47 Å². The van der Waals surface area contributed by atoms with Crippen LogP contribution in [-0.4, -0.2) is 24.8 Å². The van der Waals surface area contributed by atoms with Crippen LogP contribution in [0.5, 0.6) is 0 Å². The molecule has 0 atom stereocenters. The van der Waals surface area contributed by atoms with Crippen LogP contribution in [0.15, 0.2) is 18.2 Å². The van der Waals surface area contributed by atoms with E-state index in [9.17, 15) is 4.79 Å². The molecule has 0 amide bonds. The van der Waals surface area contributed by atoms with Crippen molar-refractivity contribution in [3.8, 4) is 0 Å². The van der Waals surface area contributed by atoms with Gasteiger partial charge in [-0.1, -0.05) is 18.2 Å². The first-order valence-electron chi connectivity index (χ1n) is 8.15. The van der Waals surface area contributed by atoms with Crippen molar-refractivity contribution in [2.24, 2.45) is 0 Å². The number of hydrogen-bond donors (Lipinski definition) is 0. The molecule has 2 fully saturated rings. The summed E-state index contributed by atoms with van der Waals surface area (Å²) in [5, 5.41) is 0. The Hall–Kier alpha value is -1.19. The van der Waals surface area contributed by atoms with Crippen molar-refractivity contribution >= 4 is 5.78 Å². The first-order chi connectivity index (χ1) is 10.2. The highest BCUT2D eigenvalue weighted by Gasteiger charge is 2.40. The fourth-order valence-electron chi connectivity index (χ4n) is 4.06. The number of carbonyl (C=O) groups excluding carboxylic acids is 1. The van der Waals surface area contributed by atoms with E-state index in [-0.39, 0.29) is 5.79 Å². The molecule has 0 unspecified atom stereocenters. The third kappa shape index (κ3) is 2.53. The lowest BCUT2D eigenvalue weighted by Gasteiger charge is -2.35. The zero-order valence-electron chi connectivity index (χ0n) is 12.4. The van der Waals surface area contributed by atoms with Crippen LogP contribution in [0.25, 0.3) is 0 Å². The highest BCUT2D eigenvalue weighted by molar-refractivity contribution is 5.83. The van der Waals surface area contributed by atoms with E-state index in [1.165, 1.54) is 16.7 Å². The Bertz CT molecular complexity index is 548. The number of ketones is 1. The molecule has 1 saturated carbocycles. The van der Waals surface area contributed by atoms with Crippen LogP contribution in [-0.2, 0) is 27.1 Å². The molecule has 1 heterocycles. The number of rotatable bonds is 1. The molecular formula is C18H22O3. The number of fused-ring (bicyclic) bond motifs is 1. The summed E-state index contributed by atoms with van der Waals surface area (Å²) >= 11 is 0. The lowest BCUT2D eigenvalue weighted by Crippen LogP contribution is -2.34. The fraction of sp³-hybridized carbons (Fsp3) is 0.611. The third-order valence-electron chi connectivity index (χ3n) is 5.32. The van der Waals surface area contributed by atoms with Gasteiger partial charge in [0.1, 0.15) is 5.78 Å². The maximum Gasteiger partial charge on any atom is 0.168 e. The molecule has 2 aliphatic carbocycles. The Morgan fingerprint density at radius 2 is 1.76 bits per heavy atom. The van der Waals surface area contributed by atoms with Crippen LogP contribution in [0.3, 0.4) is 0 Å². The van der Waals surface area contributed by atoms with E-state index in [0.717, 1.165) is 45.3 Å². The highest BCUT2D eigenvalue weighted by atomic mass is 16.7. The van der Waals surface area contributed by atoms with E-state index >= 15 is 0 Å². The zero-order valence-corrected chi connectivity index (χ0v) is 12.4.